The van der Waals surface area contributed by atoms with Crippen molar-refractivity contribution >= 4 is 34.8 Å². The number of ether oxygens (including phenoxy) is 1. The van der Waals surface area contributed by atoms with E-state index in [4.69, 9.17) is 28.6 Å². The van der Waals surface area contributed by atoms with Gasteiger partial charge >= 0.3 is 0 Å². The number of rotatable bonds is 2. The minimum absolute atomic E-state index is 0.157. The summed E-state index contributed by atoms with van der Waals surface area (Å²) in [6.45, 7) is 5.86. The first-order chi connectivity index (χ1) is 11.5. The zero-order chi connectivity index (χ0) is 17.3. The Morgan fingerprint density at radius 1 is 1.42 bits per heavy atom. The molecule has 1 aromatic carbocycles. The first-order valence-electron chi connectivity index (χ1n) is 7.56. The molecular weight excluding hydrogens is 353 g/mol. The van der Waals surface area contributed by atoms with E-state index < -0.39 is 17.8 Å². The summed E-state index contributed by atoms with van der Waals surface area (Å²) in [4.78, 5) is 14.7. The lowest BCUT2D eigenvalue weighted by Crippen LogP contribution is -2.55. The number of thiocarbonyl (C=S) groups is 1. The molecule has 1 amide bonds. The molecule has 0 saturated carbocycles. The second kappa shape index (κ2) is 7.04. The van der Waals surface area contributed by atoms with E-state index in [0.29, 0.717) is 32.0 Å². The normalized spacial score (nSPS) is 24.3. The number of nitrogens with one attached hydrogen (secondary N) is 2. The summed E-state index contributed by atoms with van der Waals surface area (Å²) in [5.74, 6) is -1.36. The maximum Gasteiger partial charge on any atom is 0.234 e. The molecule has 2 N–H and O–H groups in total. The largest absolute Gasteiger partial charge is 0.378 e. The van der Waals surface area contributed by atoms with E-state index in [1.54, 1.807) is 11.0 Å². The van der Waals surface area contributed by atoms with Gasteiger partial charge in [-0.2, -0.15) is 0 Å². The summed E-state index contributed by atoms with van der Waals surface area (Å²) in [7, 11) is 0. The lowest BCUT2D eigenvalue weighted by molar-refractivity contribution is -0.139. The predicted molar refractivity (Wildman–Crippen MR) is 93.0 cm³/mol. The van der Waals surface area contributed by atoms with Gasteiger partial charge in [0.05, 0.1) is 19.3 Å². The van der Waals surface area contributed by atoms with Crippen molar-refractivity contribution in [1.82, 2.24) is 15.5 Å². The van der Waals surface area contributed by atoms with Crippen LogP contribution in [0.2, 0.25) is 5.02 Å². The van der Waals surface area contributed by atoms with Crippen LogP contribution in [0.15, 0.2) is 30.5 Å². The maximum absolute atomic E-state index is 14.4. The predicted octanol–water partition coefficient (Wildman–Crippen LogP) is 1.99. The Morgan fingerprint density at radius 2 is 2.12 bits per heavy atom. The Labute approximate surface area is 149 Å². The molecule has 2 aliphatic rings. The molecule has 3 rings (SSSR count). The van der Waals surface area contributed by atoms with E-state index in [1.807, 2.05) is 0 Å². The van der Waals surface area contributed by atoms with Gasteiger partial charge in [0.1, 0.15) is 11.7 Å². The summed E-state index contributed by atoms with van der Waals surface area (Å²) in [5.41, 5.74) is 0.648. The fourth-order valence-corrected chi connectivity index (χ4v) is 3.54. The van der Waals surface area contributed by atoms with Gasteiger partial charge in [-0.15, -0.1) is 0 Å². The summed E-state index contributed by atoms with van der Waals surface area (Å²) in [6.07, 6.45) is 0. The van der Waals surface area contributed by atoms with Gasteiger partial charge < -0.3 is 20.3 Å². The van der Waals surface area contributed by atoms with Crippen LogP contribution < -0.4 is 10.6 Å². The van der Waals surface area contributed by atoms with Gasteiger partial charge in [0.25, 0.3) is 0 Å². The van der Waals surface area contributed by atoms with E-state index in [-0.39, 0.29) is 21.6 Å². The molecule has 0 radical (unpaired) electrons. The molecule has 0 unspecified atom stereocenters. The Hall–Kier alpha value is -1.70. The summed E-state index contributed by atoms with van der Waals surface area (Å²) >= 11 is 11.3. The lowest BCUT2D eigenvalue weighted by atomic mass is 9.87. The minimum atomic E-state index is -0.718. The molecular formula is C16H17ClFN3O2S. The summed E-state index contributed by atoms with van der Waals surface area (Å²) < 4.78 is 19.7. The fourth-order valence-electron chi connectivity index (χ4n) is 3.00. The van der Waals surface area contributed by atoms with Crippen molar-refractivity contribution in [2.24, 2.45) is 5.92 Å². The Morgan fingerprint density at radius 3 is 2.79 bits per heavy atom. The number of benzene rings is 1. The average Bonchev–Trinajstić information content (AvgIpc) is 2.54. The highest BCUT2D eigenvalue weighted by molar-refractivity contribution is 7.80. The van der Waals surface area contributed by atoms with Crippen LogP contribution in [0.3, 0.4) is 0 Å². The van der Waals surface area contributed by atoms with E-state index in [0.717, 1.165) is 0 Å². The third-order valence-electron chi connectivity index (χ3n) is 4.17. The second-order valence-corrected chi connectivity index (χ2v) is 6.47. The van der Waals surface area contributed by atoms with Crippen LogP contribution in [-0.4, -0.2) is 42.2 Å². The Bertz CT molecular complexity index is 674. The molecule has 2 saturated heterocycles. The van der Waals surface area contributed by atoms with Gasteiger partial charge in [-0.25, -0.2) is 4.39 Å². The molecule has 0 aliphatic carbocycles. The van der Waals surface area contributed by atoms with Crippen molar-refractivity contribution < 1.29 is 13.9 Å². The fraction of sp³-hybridized carbons (Fsp3) is 0.375. The van der Waals surface area contributed by atoms with Crippen molar-refractivity contribution in [2.45, 2.75) is 6.04 Å². The van der Waals surface area contributed by atoms with E-state index in [2.05, 4.69) is 17.2 Å². The van der Waals surface area contributed by atoms with Gasteiger partial charge in [-0.05, 0) is 24.4 Å². The average molecular weight is 370 g/mol. The number of amides is 1. The van der Waals surface area contributed by atoms with E-state index in [1.165, 1.54) is 12.1 Å². The lowest BCUT2D eigenvalue weighted by Gasteiger charge is -2.39. The van der Waals surface area contributed by atoms with Crippen LogP contribution in [-0.2, 0) is 9.53 Å². The smallest absolute Gasteiger partial charge is 0.234 e. The highest BCUT2D eigenvalue weighted by Crippen LogP contribution is 2.36. The molecule has 0 bridgehead atoms. The molecule has 8 heteroatoms. The topological polar surface area (TPSA) is 53.6 Å². The molecule has 1 aromatic rings. The number of nitrogens with zero attached hydrogens (tertiary/aromatic N) is 1. The molecule has 0 aromatic heterocycles. The molecule has 2 aliphatic heterocycles. The van der Waals surface area contributed by atoms with Crippen molar-refractivity contribution in [3.8, 4) is 0 Å². The van der Waals surface area contributed by atoms with Gasteiger partial charge in [0.2, 0.25) is 5.91 Å². The molecule has 2 fully saturated rings. The van der Waals surface area contributed by atoms with Crippen molar-refractivity contribution in [3.63, 3.8) is 0 Å². The van der Waals surface area contributed by atoms with Crippen LogP contribution in [0.4, 0.5) is 4.39 Å². The number of morpholine rings is 1. The monoisotopic (exact) mass is 369 g/mol. The number of carbonyl (C=O) groups excluding carboxylic acids is 1. The third-order valence-corrected chi connectivity index (χ3v) is 4.72. The quantitative estimate of drug-likeness (QED) is 0.781. The van der Waals surface area contributed by atoms with Gasteiger partial charge in [0.15, 0.2) is 5.11 Å². The number of hydrogen-bond donors (Lipinski definition) is 2. The van der Waals surface area contributed by atoms with Crippen LogP contribution >= 0.6 is 23.8 Å². The molecule has 2 atom stereocenters. The van der Waals surface area contributed by atoms with Gasteiger partial charge in [-0.1, -0.05) is 24.2 Å². The first kappa shape index (κ1) is 17.1. The maximum atomic E-state index is 14.4. The minimum Gasteiger partial charge on any atom is -0.378 e. The van der Waals surface area contributed by atoms with Gasteiger partial charge in [0, 0.05) is 29.4 Å². The van der Waals surface area contributed by atoms with Crippen molar-refractivity contribution in [2.75, 3.05) is 26.3 Å². The van der Waals surface area contributed by atoms with Crippen LogP contribution in [0.1, 0.15) is 11.6 Å². The number of halogens is 2. The zero-order valence-electron chi connectivity index (χ0n) is 12.9. The molecule has 24 heavy (non-hydrogen) atoms. The zero-order valence-corrected chi connectivity index (χ0v) is 14.4. The number of carbonyl (C=O) groups is 1. The summed E-state index contributed by atoms with van der Waals surface area (Å²) in [6, 6.07) is 3.71. The Balaban J connectivity index is 1.98. The van der Waals surface area contributed by atoms with Gasteiger partial charge in [-0.3, -0.25) is 4.79 Å². The number of hydrogen-bond acceptors (Lipinski definition) is 3. The van der Waals surface area contributed by atoms with E-state index >= 15 is 0 Å². The Kier molecular flexibility index (Phi) is 5.03. The molecule has 0 spiro atoms. The molecule has 128 valence electrons. The van der Waals surface area contributed by atoms with Crippen LogP contribution in [0.25, 0.3) is 0 Å². The van der Waals surface area contributed by atoms with Crippen molar-refractivity contribution in [1.29, 1.82) is 0 Å². The third kappa shape index (κ3) is 3.24. The first-order valence-corrected chi connectivity index (χ1v) is 8.34. The standard InChI is InChI=1S/C16H17ClFN3O2S/c1-9-12(15(22)21-5-7-23-8-6-21)14(20-16(24)19-9)13-10(17)3-2-4-11(13)18/h2-4,12,14H,1,5-8H2,(H2,19,20,24)/t12-,14-/m0/s1. The SMILES string of the molecule is C=C1NC(=S)N[C@H](c2c(F)cccc2Cl)[C@H]1C(=O)N1CCOCC1. The molecule has 2 heterocycles. The van der Waals surface area contributed by atoms with Crippen molar-refractivity contribution in [3.05, 3.63) is 46.9 Å². The highest BCUT2D eigenvalue weighted by Gasteiger charge is 2.41. The van der Waals surface area contributed by atoms with Crippen LogP contribution in [0.5, 0.6) is 0 Å². The molecule has 5 nitrogen and oxygen atoms in total. The summed E-state index contributed by atoms with van der Waals surface area (Å²) in [5, 5.41) is 6.37. The second-order valence-electron chi connectivity index (χ2n) is 5.65. The van der Waals surface area contributed by atoms with Crippen LogP contribution in [0, 0.1) is 11.7 Å². The highest BCUT2D eigenvalue weighted by atomic mass is 35.5. The van der Waals surface area contributed by atoms with E-state index in [9.17, 15) is 9.18 Å².